The molecule has 3 heterocycles. The minimum atomic E-state index is -4.45. The molecule has 1 unspecified atom stereocenters. The van der Waals surface area contributed by atoms with Gasteiger partial charge in [-0.15, -0.1) is 0 Å². The fourth-order valence-electron chi connectivity index (χ4n) is 2.31. The molecule has 0 aliphatic carbocycles. The Bertz CT molecular complexity index is 652. The number of aromatic nitrogens is 3. The Labute approximate surface area is 126 Å². The first-order valence-corrected chi connectivity index (χ1v) is 6.94. The predicted octanol–water partition coefficient (Wildman–Crippen LogP) is 2.69. The quantitative estimate of drug-likeness (QED) is 0.889. The average molecular weight is 363 g/mol. The van der Waals surface area contributed by atoms with Crippen molar-refractivity contribution in [1.29, 1.82) is 0 Å². The smallest absolute Gasteiger partial charge is 0.338 e. The van der Waals surface area contributed by atoms with E-state index in [-0.39, 0.29) is 25.3 Å². The Hall–Kier alpha value is -1.48. The van der Waals surface area contributed by atoms with Gasteiger partial charge in [-0.1, -0.05) is 5.16 Å². The molecule has 1 aliphatic rings. The topological polar surface area (TPSA) is 63.8 Å². The lowest BCUT2D eigenvalue weighted by molar-refractivity contribution is -0.191. The fraction of sp³-hybridized carbons (Fsp3) is 0.417. The number of pyridine rings is 1. The molecule has 1 saturated heterocycles. The average Bonchev–Trinajstić information content (AvgIpc) is 3.08. The number of nitrogens with one attached hydrogen (secondary N) is 1. The molecule has 1 N–H and O–H groups in total. The second-order valence-corrected chi connectivity index (χ2v) is 5.74. The van der Waals surface area contributed by atoms with Crippen molar-refractivity contribution in [3.63, 3.8) is 0 Å². The van der Waals surface area contributed by atoms with Crippen molar-refractivity contribution in [2.75, 3.05) is 13.1 Å². The molecule has 0 spiro atoms. The molecule has 0 radical (unpaired) electrons. The number of hydrogen-bond donors (Lipinski definition) is 1. The van der Waals surface area contributed by atoms with E-state index in [1.54, 1.807) is 12.3 Å². The third kappa shape index (κ3) is 2.44. The van der Waals surface area contributed by atoms with Gasteiger partial charge in [0.2, 0.25) is 11.7 Å². The van der Waals surface area contributed by atoms with Crippen LogP contribution in [0.5, 0.6) is 0 Å². The van der Waals surface area contributed by atoms with Gasteiger partial charge in [-0.2, -0.15) is 18.2 Å². The van der Waals surface area contributed by atoms with Crippen molar-refractivity contribution in [3.8, 4) is 11.4 Å². The van der Waals surface area contributed by atoms with E-state index in [0.29, 0.717) is 10.0 Å². The van der Waals surface area contributed by atoms with E-state index in [1.165, 1.54) is 6.20 Å². The maximum absolute atomic E-state index is 13.4. The summed E-state index contributed by atoms with van der Waals surface area (Å²) in [7, 11) is 0. The summed E-state index contributed by atoms with van der Waals surface area (Å²) in [6, 6.07) is 1.66. The van der Waals surface area contributed by atoms with Crippen LogP contribution in [0.2, 0.25) is 0 Å². The van der Waals surface area contributed by atoms with Crippen LogP contribution in [0.3, 0.4) is 0 Å². The van der Waals surface area contributed by atoms with E-state index in [0.717, 1.165) is 0 Å². The Balaban J connectivity index is 2.01. The normalized spacial score (nSPS) is 22.7. The molecule has 21 heavy (non-hydrogen) atoms. The molecule has 2 aromatic rings. The highest BCUT2D eigenvalue weighted by molar-refractivity contribution is 9.10. The second-order valence-electron chi connectivity index (χ2n) is 4.82. The largest absolute Gasteiger partial charge is 0.404 e. The molecule has 9 heteroatoms. The zero-order valence-electron chi connectivity index (χ0n) is 10.6. The molecule has 1 fully saturated rings. The van der Waals surface area contributed by atoms with Crippen LogP contribution in [0.15, 0.2) is 27.5 Å². The van der Waals surface area contributed by atoms with Gasteiger partial charge in [-0.25, -0.2) is 0 Å². The molecule has 0 aromatic carbocycles. The van der Waals surface area contributed by atoms with Gasteiger partial charge in [0.1, 0.15) is 0 Å². The summed E-state index contributed by atoms with van der Waals surface area (Å²) in [5.74, 6) is -0.315. The van der Waals surface area contributed by atoms with Gasteiger partial charge in [0.25, 0.3) is 0 Å². The Morgan fingerprint density at radius 1 is 1.33 bits per heavy atom. The van der Waals surface area contributed by atoms with Crippen LogP contribution in [-0.2, 0) is 5.41 Å². The molecule has 0 bridgehead atoms. The van der Waals surface area contributed by atoms with Crippen molar-refractivity contribution in [2.45, 2.75) is 18.0 Å². The summed E-state index contributed by atoms with van der Waals surface area (Å²) in [5.41, 5.74) is -1.62. The van der Waals surface area contributed by atoms with Crippen molar-refractivity contribution in [2.24, 2.45) is 0 Å². The van der Waals surface area contributed by atoms with Crippen LogP contribution in [0, 0.1) is 0 Å². The van der Waals surface area contributed by atoms with Gasteiger partial charge in [0.15, 0.2) is 5.41 Å². The SMILES string of the molecule is FC(F)(F)C1(c2nc(-c3cncc(Br)c3)no2)CCNC1. The van der Waals surface area contributed by atoms with Gasteiger partial charge >= 0.3 is 6.18 Å². The molecular formula is C12H10BrF3N4O. The molecule has 3 rings (SSSR count). The van der Waals surface area contributed by atoms with E-state index in [2.05, 4.69) is 36.4 Å². The van der Waals surface area contributed by atoms with Crippen LogP contribution in [0.25, 0.3) is 11.4 Å². The number of halogens is 4. The summed E-state index contributed by atoms with van der Waals surface area (Å²) < 4.78 is 45.8. The lowest BCUT2D eigenvalue weighted by Gasteiger charge is -2.26. The lowest BCUT2D eigenvalue weighted by atomic mass is 9.86. The maximum Gasteiger partial charge on any atom is 0.404 e. The number of nitrogens with zero attached hydrogens (tertiary/aromatic N) is 3. The zero-order chi connectivity index (χ0) is 15.1. The molecule has 1 aliphatic heterocycles. The number of hydrogen-bond acceptors (Lipinski definition) is 5. The third-order valence-corrected chi connectivity index (χ3v) is 3.93. The van der Waals surface area contributed by atoms with E-state index in [9.17, 15) is 13.2 Å². The summed E-state index contributed by atoms with van der Waals surface area (Å²) in [4.78, 5) is 7.87. The fourth-order valence-corrected chi connectivity index (χ4v) is 2.67. The predicted molar refractivity (Wildman–Crippen MR) is 70.4 cm³/mol. The second kappa shape index (κ2) is 5.06. The highest BCUT2D eigenvalue weighted by atomic mass is 79.9. The van der Waals surface area contributed by atoms with Crippen molar-refractivity contribution in [3.05, 3.63) is 28.8 Å². The molecule has 0 saturated carbocycles. The van der Waals surface area contributed by atoms with E-state index >= 15 is 0 Å². The molecule has 112 valence electrons. The summed E-state index contributed by atoms with van der Waals surface area (Å²) in [5, 5.41) is 6.36. The van der Waals surface area contributed by atoms with Crippen LogP contribution in [0.1, 0.15) is 12.3 Å². The summed E-state index contributed by atoms with van der Waals surface area (Å²) >= 11 is 3.24. The summed E-state index contributed by atoms with van der Waals surface area (Å²) in [6.45, 7) is 0.00450. The third-order valence-electron chi connectivity index (χ3n) is 3.50. The molecule has 0 amide bonds. The zero-order valence-corrected chi connectivity index (χ0v) is 12.2. The van der Waals surface area contributed by atoms with E-state index in [4.69, 9.17) is 4.52 Å². The monoisotopic (exact) mass is 362 g/mol. The Morgan fingerprint density at radius 2 is 2.14 bits per heavy atom. The first kappa shape index (κ1) is 14.5. The maximum atomic E-state index is 13.4. The molecule has 5 nitrogen and oxygen atoms in total. The van der Waals surface area contributed by atoms with Gasteiger partial charge in [0, 0.05) is 29.0 Å². The van der Waals surface area contributed by atoms with Crippen molar-refractivity contribution >= 4 is 15.9 Å². The van der Waals surface area contributed by atoms with Crippen molar-refractivity contribution in [1.82, 2.24) is 20.4 Å². The van der Waals surface area contributed by atoms with Crippen LogP contribution < -0.4 is 5.32 Å². The van der Waals surface area contributed by atoms with Crippen LogP contribution >= 0.6 is 15.9 Å². The number of alkyl halides is 3. The van der Waals surface area contributed by atoms with Crippen LogP contribution in [0.4, 0.5) is 13.2 Å². The molecular weight excluding hydrogens is 353 g/mol. The van der Waals surface area contributed by atoms with E-state index in [1.807, 2.05) is 0 Å². The lowest BCUT2D eigenvalue weighted by Crippen LogP contribution is -2.44. The highest BCUT2D eigenvalue weighted by Crippen LogP contribution is 2.45. The minimum Gasteiger partial charge on any atom is -0.338 e. The molecule has 2 aromatic heterocycles. The van der Waals surface area contributed by atoms with Crippen LogP contribution in [-0.4, -0.2) is 34.4 Å². The van der Waals surface area contributed by atoms with Gasteiger partial charge in [-0.05, 0) is 35.0 Å². The van der Waals surface area contributed by atoms with Crippen molar-refractivity contribution < 1.29 is 17.7 Å². The van der Waals surface area contributed by atoms with Gasteiger partial charge in [0.05, 0.1) is 0 Å². The Morgan fingerprint density at radius 3 is 2.76 bits per heavy atom. The Kier molecular flexibility index (Phi) is 3.48. The van der Waals surface area contributed by atoms with E-state index < -0.39 is 17.5 Å². The summed E-state index contributed by atoms with van der Waals surface area (Å²) in [6.07, 6.45) is -1.54. The molecule has 1 atom stereocenters. The standard InChI is InChI=1S/C12H10BrF3N4O/c13-8-3-7(4-18-5-8)9-19-10(21-20-9)11(12(14,15)16)1-2-17-6-11/h3-5,17H,1-2,6H2. The van der Waals surface area contributed by atoms with Gasteiger partial charge in [-0.3, -0.25) is 4.98 Å². The highest BCUT2D eigenvalue weighted by Gasteiger charge is 2.61. The first-order chi connectivity index (χ1) is 9.92. The number of rotatable bonds is 2. The minimum absolute atomic E-state index is 0.0920. The van der Waals surface area contributed by atoms with Gasteiger partial charge < -0.3 is 9.84 Å². The first-order valence-electron chi connectivity index (χ1n) is 6.15.